The number of aromatic hydroxyl groups is 1. The van der Waals surface area contributed by atoms with Gasteiger partial charge in [-0.05, 0) is 11.6 Å². The van der Waals surface area contributed by atoms with E-state index in [4.69, 9.17) is 9.47 Å². The minimum Gasteiger partial charge on any atom is -0.508 e. The van der Waals surface area contributed by atoms with E-state index in [0.29, 0.717) is 11.3 Å². The average molecular weight is 378 g/mol. The van der Waals surface area contributed by atoms with E-state index in [9.17, 15) is 14.7 Å². The number of carbonyl (C=O) groups is 2. The number of phenolic OH excluding ortho intramolecular Hbond substituents is 1. The molecule has 6 nitrogen and oxygen atoms in total. The molecule has 0 fully saturated rings. The van der Waals surface area contributed by atoms with Crippen LogP contribution >= 0.6 is 0 Å². The number of hydrogen-bond donors (Lipinski definition) is 2. The summed E-state index contributed by atoms with van der Waals surface area (Å²) in [6, 6.07) is 3.72. The second kappa shape index (κ2) is 9.81. The highest BCUT2D eigenvalue weighted by Crippen LogP contribution is 2.25. The Bertz CT molecular complexity index is 692. The lowest BCUT2D eigenvalue weighted by atomic mass is 10.0. The molecular formula is C19H27NO5Si. The van der Waals surface area contributed by atoms with Gasteiger partial charge in [-0.1, -0.05) is 43.6 Å². The summed E-state index contributed by atoms with van der Waals surface area (Å²) < 4.78 is 9.99. The lowest BCUT2D eigenvalue weighted by Crippen LogP contribution is -2.42. The summed E-state index contributed by atoms with van der Waals surface area (Å²) in [4.78, 5) is 24.1. The minimum absolute atomic E-state index is 0.0568. The standard InChI is InChI=1S/C19H27NO5Si/c1-24-17-13-15(21)10-9-14(17)12-16(19(23)25-2)20-18(22)8-6-7-11-26(3,4)5/h6-11,13,16,21H,12H2,1-5H3,(H,20,22)/b8-6+,11-7+. The van der Waals surface area contributed by atoms with E-state index in [-0.39, 0.29) is 12.2 Å². The van der Waals surface area contributed by atoms with Gasteiger partial charge in [0.05, 0.1) is 22.3 Å². The summed E-state index contributed by atoms with van der Waals surface area (Å²) >= 11 is 0. The number of rotatable bonds is 8. The number of ether oxygens (including phenoxy) is 2. The smallest absolute Gasteiger partial charge is 0.328 e. The van der Waals surface area contributed by atoms with Gasteiger partial charge in [-0.25, -0.2) is 4.79 Å². The minimum atomic E-state index is -1.32. The second-order valence-electron chi connectivity index (χ2n) is 6.87. The maximum absolute atomic E-state index is 12.1. The molecule has 26 heavy (non-hydrogen) atoms. The van der Waals surface area contributed by atoms with Gasteiger partial charge in [0.15, 0.2) is 0 Å². The van der Waals surface area contributed by atoms with Gasteiger partial charge in [-0.3, -0.25) is 4.79 Å². The van der Waals surface area contributed by atoms with E-state index in [0.717, 1.165) is 0 Å². The van der Waals surface area contributed by atoms with E-state index in [1.807, 2.05) is 6.08 Å². The number of benzene rings is 1. The number of phenols is 1. The van der Waals surface area contributed by atoms with Crippen LogP contribution in [0.4, 0.5) is 0 Å². The summed E-state index contributed by atoms with van der Waals surface area (Å²) in [5.41, 5.74) is 2.78. The predicted octanol–water partition coefficient (Wildman–Crippen LogP) is 2.59. The Hall–Kier alpha value is -2.54. The number of amides is 1. The Morgan fingerprint density at radius 1 is 1.23 bits per heavy atom. The van der Waals surface area contributed by atoms with E-state index < -0.39 is 26.0 Å². The van der Waals surface area contributed by atoms with Crippen LogP contribution < -0.4 is 10.1 Å². The van der Waals surface area contributed by atoms with Crippen LogP contribution in [0.5, 0.6) is 11.5 Å². The molecule has 1 aromatic carbocycles. The molecule has 1 unspecified atom stereocenters. The van der Waals surface area contributed by atoms with Crippen molar-refractivity contribution in [2.45, 2.75) is 32.1 Å². The molecule has 0 saturated carbocycles. The van der Waals surface area contributed by atoms with Crippen molar-refractivity contribution in [3.05, 3.63) is 47.7 Å². The van der Waals surface area contributed by atoms with Crippen LogP contribution in [0.2, 0.25) is 19.6 Å². The molecule has 1 amide bonds. The molecule has 142 valence electrons. The molecule has 1 rings (SSSR count). The summed E-state index contributed by atoms with van der Waals surface area (Å²) in [5.74, 6) is -0.457. The van der Waals surface area contributed by atoms with Crippen molar-refractivity contribution in [3.63, 3.8) is 0 Å². The molecule has 0 aliphatic heterocycles. The number of esters is 1. The van der Waals surface area contributed by atoms with Crippen molar-refractivity contribution in [2.75, 3.05) is 14.2 Å². The molecule has 7 heteroatoms. The molecule has 0 radical (unpaired) electrons. The Labute approximate surface area is 155 Å². The third-order valence-electron chi connectivity index (χ3n) is 3.45. The van der Waals surface area contributed by atoms with E-state index in [1.165, 1.54) is 32.4 Å². The molecule has 0 bridgehead atoms. The lowest BCUT2D eigenvalue weighted by Gasteiger charge is -2.17. The van der Waals surface area contributed by atoms with Crippen molar-refractivity contribution < 1.29 is 24.2 Å². The Morgan fingerprint density at radius 2 is 1.92 bits per heavy atom. The van der Waals surface area contributed by atoms with Gasteiger partial charge in [0, 0.05) is 18.6 Å². The van der Waals surface area contributed by atoms with Crippen LogP contribution in [0.15, 0.2) is 42.1 Å². The zero-order valence-electron chi connectivity index (χ0n) is 15.9. The first kappa shape index (κ1) is 21.5. The molecule has 0 aliphatic rings. The zero-order valence-corrected chi connectivity index (χ0v) is 16.9. The highest BCUT2D eigenvalue weighted by Gasteiger charge is 2.22. The van der Waals surface area contributed by atoms with Gasteiger partial charge in [0.2, 0.25) is 5.91 Å². The molecular weight excluding hydrogens is 350 g/mol. The maximum atomic E-state index is 12.1. The largest absolute Gasteiger partial charge is 0.508 e. The first-order valence-corrected chi connectivity index (χ1v) is 11.8. The Kier molecular flexibility index (Phi) is 8.12. The molecule has 0 aromatic heterocycles. The highest BCUT2D eigenvalue weighted by atomic mass is 28.3. The highest BCUT2D eigenvalue weighted by molar-refractivity contribution is 6.81. The molecule has 0 aliphatic carbocycles. The van der Waals surface area contributed by atoms with Crippen LogP contribution in [0.1, 0.15) is 5.56 Å². The van der Waals surface area contributed by atoms with Crippen molar-refractivity contribution in [1.82, 2.24) is 5.32 Å². The molecule has 2 N–H and O–H groups in total. The predicted molar refractivity (Wildman–Crippen MR) is 104 cm³/mol. The number of hydrogen-bond acceptors (Lipinski definition) is 5. The van der Waals surface area contributed by atoms with Crippen molar-refractivity contribution in [1.29, 1.82) is 0 Å². The van der Waals surface area contributed by atoms with Crippen molar-refractivity contribution in [3.8, 4) is 11.5 Å². The van der Waals surface area contributed by atoms with Gasteiger partial charge < -0.3 is 19.9 Å². The quantitative estimate of drug-likeness (QED) is 0.315. The molecule has 0 saturated heterocycles. The van der Waals surface area contributed by atoms with Crippen LogP contribution in [-0.4, -0.2) is 45.3 Å². The van der Waals surface area contributed by atoms with E-state index in [1.54, 1.807) is 12.1 Å². The fourth-order valence-electron chi connectivity index (χ4n) is 2.16. The fourth-order valence-corrected chi connectivity index (χ4v) is 2.85. The topological polar surface area (TPSA) is 84.9 Å². The summed E-state index contributed by atoms with van der Waals surface area (Å²) in [6.45, 7) is 6.57. The average Bonchev–Trinajstić information content (AvgIpc) is 2.57. The van der Waals surface area contributed by atoms with Crippen LogP contribution in [0.3, 0.4) is 0 Å². The van der Waals surface area contributed by atoms with Gasteiger partial charge in [0.25, 0.3) is 0 Å². The van der Waals surface area contributed by atoms with Gasteiger partial charge >= 0.3 is 5.97 Å². The van der Waals surface area contributed by atoms with Crippen LogP contribution in [0, 0.1) is 0 Å². The SMILES string of the molecule is COC(=O)C(Cc1ccc(O)cc1OC)NC(=O)/C=C/C=C/[Si](C)(C)C. The normalized spacial score (nSPS) is 13.0. The fraction of sp³-hybridized carbons (Fsp3) is 0.368. The van der Waals surface area contributed by atoms with Gasteiger partial charge in [-0.2, -0.15) is 0 Å². The Morgan fingerprint density at radius 3 is 2.50 bits per heavy atom. The number of allylic oxidation sites excluding steroid dienone is 2. The number of carbonyl (C=O) groups excluding carboxylic acids is 2. The van der Waals surface area contributed by atoms with Crippen molar-refractivity contribution >= 4 is 20.0 Å². The summed E-state index contributed by atoms with van der Waals surface area (Å²) in [7, 11) is 1.41. The molecule has 0 spiro atoms. The van der Waals surface area contributed by atoms with E-state index >= 15 is 0 Å². The maximum Gasteiger partial charge on any atom is 0.328 e. The summed E-state index contributed by atoms with van der Waals surface area (Å²) in [5, 5.41) is 12.2. The Balaban J connectivity index is 2.85. The van der Waals surface area contributed by atoms with Crippen LogP contribution in [0.25, 0.3) is 0 Å². The first-order chi connectivity index (χ1) is 12.2. The van der Waals surface area contributed by atoms with Crippen LogP contribution in [-0.2, 0) is 20.7 Å². The van der Waals surface area contributed by atoms with Gasteiger partial charge in [-0.15, -0.1) is 0 Å². The lowest BCUT2D eigenvalue weighted by molar-refractivity contribution is -0.144. The van der Waals surface area contributed by atoms with Crippen molar-refractivity contribution in [2.24, 2.45) is 0 Å². The molecule has 1 atom stereocenters. The molecule has 1 aromatic rings. The second-order valence-corrected chi connectivity index (χ2v) is 11.9. The first-order valence-electron chi connectivity index (χ1n) is 8.26. The monoisotopic (exact) mass is 377 g/mol. The zero-order chi connectivity index (χ0) is 19.7. The summed E-state index contributed by atoms with van der Waals surface area (Å²) in [6.07, 6.45) is 5.06. The number of methoxy groups -OCH3 is 2. The van der Waals surface area contributed by atoms with Gasteiger partial charge in [0.1, 0.15) is 17.5 Å². The third-order valence-corrected chi connectivity index (χ3v) is 4.64. The number of nitrogens with one attached hydrogen (secondary N) is 1. The molecule has 0 heterocycles. The third kappa shape index (κ3) is 7.56. The van der Waals surface area contributed by atoms with E-state index in [2.05, 4.69) is 30.7 Å².